The molecule has 1 atom stereocenters. The first-order valence-corrected chi connectivity index (χ1v) is 5.49. The molecule has 0 aromatic carbocycles. The summed E-state index contributed by atoms with van der Waals surface area (Å²) in [5.74, 6) is -0.497. The van der Waals surface area contributed by atoms with Gasteiger partial charge in [-0.3, -0.25) is 4.79 Å². The first kappa shape index (κ1) is 12.1. The van der Waals surface area contributed by atoms with Gasteiger partial charge in [0.1, 0.15) is 0 Å². The van der Waals surface area contributed by atoms with Crippen molar-refractivity contribution < 1.29 is 9.90 Å². The third kappa shape index (κ3) is 2.98. The number of hydrogen-bond donors (Lipinski definition) is 3. The fourth-order valence-electron chi connectivity index (χ4n) is 1.29. The molecule has 1 amide bonds. The van der Waals surface area contributed by atoms with Crippen molar-refractivity contribution in [1.29, 1.82) is 0 Å². The number of amides is 1. The van der Waals surface area contributed by atoms with Gasteiger partial charge in [-0.25, -0.2) is 4.98 Å². The predicted molar refractivity (Wildman–Crippen MR) is 58.9 cm³/mol. The lowest BCUT2D eigenvalue weighted by Crippen LogP contribution is -2.21. The van der Waals surface area contributed by atoms with Crippen LogP contribution in [-0.2, 0) is 0 Å². The zero-order valence-corrected chi connectivity index (χ0v) is 9.60. The Morgan fingerprint density at radius 2 is 2.40 bits per heavy atom. The number of aromatic nitrogens is 1. The van der Waals surface area contributed by atoms with Crippen molar-refractivity contribution in [1.82, 2.24) is 10.3 Å². The molecule has 1 unspecified atom stereocenters. The van der Waals surface area contributed by atoms with E-state index in [2.05, 4.69) is 10.3 Å². The van der Waals surface area contributed by atoms with Crippen LogP contribution in [0.15, 0.2) is 0 Å². The highest BCUT2D eigenvalue weighted by Crippen LogP contribution is 2.24. The van der Waals surface area contributed by atoms with Crippen molar-refractivity contribution in [3.63, 3.8) is 0 Å². The zero-order valence-electron chi connectivity index (χ0n) is 8.78. The average Bonchev–Trinajstić information content (AvgIpc) is 2.57. The van der Waals surface area contributed by atoms with Crippen LogP contribution in [0, 0.1) is 6.92 Å². The van der Waals surface area contributed by atoms with Gasteiger partial charge in [-0.1, -0.05) is 0 Å². The van der Waals surface area contributed by atoms with Gasteiger partial charge in [0, 0.05) is 17.5 Å². The molecule has 1 aromatic heterocycles. The van der Waals surface area contributed by atoms with Crippen molar-refractivity contribution >= 4 is 17.2 Å². The lowest BCUT2D eigenvalue weighted by atomic mass is 10.2. The molecule has 0 bridgehead atoms. The molecule has 84 valence electrons. The Bertz CT molecular complexity index is 351. The van der Waals surface area contributed by atoms with Crippen LogP contribution in [0.3, 0.4) is 0 Å². The van der Waals surface area contributed by atoms with Crippen molar-refractivity contribution in [2.24, 2.45) is 5.73 Å². The summed E-state index contributed by atoms with van der Waals surface area (Å²) in [6.07, 6.45) is 0. The minimum Gasteiger partial charge on any atom is -0.395 e. The van der Waals surface area contributed by atoms with Gasteiger partial charge in [0.15, 0.2) is 5.01 Å². The van der Waals surface area contributed by atoms with Gasteiger partial charge in [0.05, 0.1) is 12.3 Å². The topological polar surface area (TPSA) is 88.2 Å². The molecule has 1 aromatic rings. The van der Waals surface area contributed by atoms with Crippen LogP contribution in [0.2, 0.25) is 0 Å². The molecule has 6 heteroatoms. The van der Waals surface area contributed by atoms with Crippen LogP contribution in [0.1, 0.15) is 33.3 Å². The van der Waals surface area contributed by atoms with Gasteiger partial charge >= 0.3 is 0 Å². The molecule has 1 rings (SSSR count). The fourth-order valence-corrected chi connectivity index (χ4v) is 2.23. The predicted octanol–water partition coefficient (Wildman–Crippen LogP) is 0.193. The van der Waals surface area contributed by atoms with E-state index < -0.39 is 5.91 Å². The Morgan fingerprint density at radius 1 is 1.73 bits per heavy atom. The van der Waals surface area contributed by atoms with Crippen LogP contribution < -0.4 is 11.1 Å². The first-order valence-electron chi connectivity index (χ1n) is 4.67. The van der Waals surface area contributed by atoms with E-state index in [-0.39, 0.29) is 12.6 Å². The minimum atomic E-state index is -0.497. The molecule has 0 spiro atoms. The Hall–Kier alpha value is -0.980. The number of nitrogens with two attached hydrogens (primary N) is 1. The van der Waals surface area contributed by atoms with E-state index in [1.807, 2.05) is 13.8 Å². The Balaban J connectivity index is 2.79. The molecule has 0 aliphatic rings. The summed E-state index contributed by atoms with van der Waals surface area (Å²) in [7, 11) is 0. The van der Waals surface area contributed by atoms with Gasteiger partial charge in [-0.2, -0.15) is 0 Å². The molecule has 0 saturated carbocycles. The highest BCUT2D eigenvalue weighted by atomic mass is 32.1. The molecular weight excluding hydrogens is 214 g/mol. The van der Waals surface area contributed by atoms with E-state index in [0.29, 0.717) is 11.6 Å². The quantitative estimate of drug-likeness (QED) is 0.672. The fraction of sp³-hybridized carbons (Fsp3) is 0.556. The highest BCUT2D eigenvalue weighted by Gasteiger charge is 2.15. The van der Waals surface area contributed by atoms with Crippen molar-refractivity contribution in [2.45, 2.75) is 19.9 Å². The third-order valence-corrected chi connectivity index (χ3v) is 3.35. The second kappa shape index (κ2) is 5.20. The van der Waals surface area contributed by atoms with Crippen LogP contribution in [0.25, 0.3) is 0 Å². The molecule has 0 radical (unpaired) electrons. The Labute approximate surface area is 92.3 Å². The van der Waals surface area contributed by atoms with Gasteiger partial charge in [-0.05, 0) is 13.8 Å². The van der Waals surface area contributed by atoms with E-state index >= 15 is 0 Å². The molecular formula is C9H15N3O2S. The molecule has 1 heterocycles. The third-order valence-electron chi connectivity index (χ3n) is 2.00. The van der Waals surface area contributed by atoms with Gasteiger partial charge in [-0.15, -0.1) is 11.3 Å². The number of nitrogens with zero attached hydrogens (tertiary/aromatic N) is 1. The van der Waals surface area contributed by atoms with Crippen molar-refractivity contribution in [3.05, 3.63) is 15.6 Å². The number of aliphatic hydroxyl groups is 1. The summed E-state index contributed by atoms with van der Waals surface area (Å²) < 4.78 is 0. The summed E-state index contributed by atoms with van der Waals surface area (Å²) in [5.41, 5.74) is 5.96. The molecule has 4 N–H and O–H groups in total. The number of hydrogen-bond acceptors (Lipinski definition) is 5. The number of rotatable bonds is 5. The minimum absolute atomic E-state index is 0.0720. The first-order chi connectivity index (χ1) is 7.06. The number of aliphatic hydroxyl groups excluding tert-OH is 1. The van der Waals surface area contributed by atoms with Crippen LogP contribution in [0.4, 0.5) is 0 Å². The average molecular weight is 229 g/mol. The molecule has 15 heavy (non-hydrogen) atoms. The SMILES string of the molecule is Cc1nc(C(N)=O)sc1C(C)NCCO. The van der Waals surface area contributed by atoms with Crippen molar-refractivity contribution in [2.75, 3.05) is 13.2 Å². The maximum atomic E-state index is 10.9. The standard InChI is InChI=1S/C9H15N3O2S/c1-5(11-3-4-13)7-6(2)12-9(15-7)8(10)14/h5,11,13H,3-4H2,1-2H3,(H2,10,14). The highest BCUT2D eigenvalue weighted by molar-refractivity contribution is 7.13. The molecule has 0 fully saturated rings. The lowest BCUT2D eigenvalue weighted by Gasteiger charge is -2.10. The van der Waals surface area contributed by atoms with E-state index in [1.165, 1.54) is 11.3 Å². The monoisotopic (exact) mass is 229 g/mol. The molecule has 0 saturated heterocycles. The summed E-state index contributed by atoms with van der Waals surface area (Å²) >= 11 is 1.30. The Morgan fingerprint density at radius 3 is 2.87 bits per heavy atom. The van der Waals surface area contributed by atoms with Crippen LogP contribution >= 0.6 is 11.3 Å². The Kier molecular flexibility index (Phi) is 4.19. The number of thiazole rings is 1. The van der Waals surface area contributed by atoms with Crippen LogP contribution in [0.5, 0.6) is 0 Å². The van der Waals surface area contributed by atoms with Gasteiger partial charge < -0.3 is 16.2 Å². The number of carbonyl (C=O) groups is 1. The summed E-state index contributed by atoms with van der Waals surface area (Å²) in [6, 6.07) is 0.0720. The van der Waals surface area contributed by atoms with E-state index in [4.69, 9.17) is 10.8 Å². The maximum absolute atomic E-state index is 10.9. The zero-order chi connectivity index (χ0) is 11.4. The smallest absolute Gasteiger partial charge is 0.277 e. The van der Waals surface area contributed by atoms with Gasteiger partial charge in [0.25, 0.3) is 5.91 Å². The van der Waals surface area contributed by atoms with Crippen LogP contribution in [-0.4, -0.2) is 29.1 Å². The van der Waals surface area contributed by atoms with E-state index in [1.54, 1.807) is 0 Å². The summed E-state index contributed by atoms with van der Waals surface area (Å²) in [6.45, 7) is 4.41. The molecule has 0 aliphatic heterocycles. The largest absolute Gasteiger partial charge is 0.395 e. The normalized spacial score (nSPS) is 12.7. The maximum Gasteiger partial charge on any atom is 0.277 e. The lowest BCUT2D eigenvalue weighted by molar-refractivity contribution is 0.1000. The van der Waals surface area contributed by atoms with E-state index in [0.717, 1.165) is 10.6 Å². The summed E-state index contributed by atoms with van der Waals surface area (Å²) in [4.78, 5) is 16.0. The second-order valence-electron chi connectivity index (χ2n) is 3.23. The number of primary amides is 1. The second-order valence-corrected chi connectivity index (χ2v) is 4.26. The molecule has 5 nitrogen and oxygen atoms in total. The number of aryl methyl sites for hydroxylation is 1. The number of carbonyl (C=O) groups excluding carboxylic acids is 1. The van der Waals surface area contributed by atoms with E-state index in [9.17, 15) is 4.79 Å². The van der Waals surface area contributed by atoms with Gasteiger partial charge in [0.2, 0.25) is 0 Å². The van der Waals surface area contributed by atoms with Crippen molar-refractivity contribution in [3.8, 4) is 0 Å². The summed E-state index contributed by atoms with van der Waals surface area (Å²) in [5, 5.41) is 12.1. The number of nitrogens with one attached hydrogen (secondary N) is 1. The molecule has 0 aliphatic carbocycles.